The van der Waals surface area contributed by atoms with Crippen molar-refractivity contribution in [2.75, 3.05) is 37.7 Å². The van der Waals surface area contributed by atoms with Gasteiger partial charge in [0.05, 0.1) is 44.4 Å². The van der Waals surface area contributed by atoms with Crippen LogP contribution in [-0.2, 0) is 11.3 Å². The highest BCUT2D eigenvalue weighted by Crippen LogP contribution is 2.39. The molecule has 2 saturated heterocycles. The molecule has 7 rings (SSSR count). The van der Waals surface area contributed by atoms with Crippen LogP contribution in [0.4, 0.5) is 16.4 Å². The van der Waals surface area contributed by atoms with Gasteiger partial charge in [0, 0.05) is 43.9 Å². The highest BCUT2D eigenvalue weighted by Gasteiger charge is 2.31. The minimum Gasteiger partial charge on any atom is -0.484 e. The quantitative estimate of drug-likeness (QED) is 0.124. The Hall–Kier alpha value is -4.82. The minimum absolute atomic E-state index is 0.184. The second kappa shape index (κ2) is 16.3. The number of carbonyl (C=O) groups is 1. The van der Waals surface area contributed by atoms with Crippen LogP contribution in [0.1, 0.15) is 96.4 Å². The fourth-order valence-electron chi connectivity index (χ4n) is 7.73. The summed E-state index contributed by atoms with van der Waals surface area (Å²) in [6.45, 7) is 15.5. The van der Waals surface area contributed by atoms with Crippen molar-refractivity contribution in [3.63, 3.8) is 0 Å². The summed E-state index contributed by atoms with van der Waals surface area (Å²) in [5.41, 5.74) is 3.59. The van der Waals surface area contributed by atoms with Crippen molar-refractivity contribution in [3.05, 3.63) is 66.1 Å². The zero-order valence-electron chi connectivity index (χ0n) is 32.3. The number of aliphatic imine (C=N–C) groups is 1. The minimum atomic E-state index is -0.372. The van der Waals surface area contributed by atoms with Crippen molar-refractivity contribution in [3.8, 4) is 5.75 Å². The summed E-state index contributed by atoms with van der Waals surface area (Å²) in [4.78, 5) is 23.2. The number of piperidine rings is 1. The number of amides is 2. The van der Waals surface area contributed by atoms with Gasteiger partial charge in [0.2, 0.25) is 5.95 Å². The van der Waals surface area contributed by atoms with Crippen molar-refractivity contribution >= 4 is 34.9 Å². The number of anilines is 1. The maximum absolute atomic E-state index is 13.7. The largest absolute Gasteiger partial charge is 0.484 e. The molecule has 0 saturated carbocycles. The van der Waals surface area contributed by atoms with Crippen molar-refractivity contribution in [2.24, 2.45) is 10.4 Å². The summed E-state index contributed by atoms with van der Waals surface area (Å²) >= 11 is 0. The van der Waals surface area contributed by atoms with Gasteiger partial charge in [-0.2, -0.15) is 5.10 Å². The second-order valence-electron chi connectivity index (χ2n) is 16.0. The predicted molar refractivity (Wildman–Crippen MR) is 210 cm³/mol. The molecular formula is C40H55N11O3. The number of benzene rings is 1. The number of pyridine rings is 1. The van der Waals surface area contributed by atoms with Gasteiger partial charge in [-0.15, -0.1) is 10.2 Å². The molecule has 0 radical (unpaired) electrons. The van der Waals surface area contributed by atoms with Gasteiger partial charge in [-0.05, 0) is 74.6 Å². The number of rotatable bonds is 10. The number of carbonyl (C=O) groups excluding carboxylic acids is 1. The normalized spacial score (nSPS) is 22.5. The molecule has 5 heterocycles. The number of ether oxygens (including phenoxy) is 2. The molecule has 0 spiro atoms. The first kappa shape index (κ1) is 37.5. The van der Waals surface area contributed by atoms with Crippen LogP contribution in [0.15, 0.2) is 60.0 Å². The number of urea groups is 1. The van der Waals surface area contributed by atoms with Gasteiger partial charge in [0.15, 0.2) is 5.65 Å². The lowest BCUT2D eigenvalue weighted by molar-refractivity contribution is 0.0360. The lowest BCUT2D eigenvalue weighted by atomic mass is 9.85. The number of hydrogen-bond donors (Lipinski definition) is 3. The zero-order valence-corrected chi connectivity index (χ0v) is 32.3. The Morgan fingerprint density at radius 2 is 1.74 bits per heavy atom. The van der Waals surface area contributed by atoms with Crippen molar-refractivity contribution < 1.29 is 14.3 Å². The van der Waals surface area contributed by atoms with E-state index >= 15 is 0 Å². The molecule has 3 aliphatic rings. The van der Waals surface area contributed by atoms with Crippen LogP contribution in [0.5, 0.6) is 5.75 Å². The standard InChI is InChI=1S/C40H55N11O3/c1-27-9-8-10-28(2)51(27)39-47-46-37-16-13-30(26-50(37)39)54-34-15-14-33(31-11-6-7-12-32(31)34)44-38(52)45-36(23-35(41)40(3,4)5)43-29-24-42-49(25-29)18-17-48-19-21-53-22-20-48/h6-7,11-13,16,24-28,33-34,41H,8-10,14-15,17-23H2,1-5H3,(H2,43,44,45,52). The Labute approximate surface area is 317 Å². The topological polar surface area (TPSA) is 150 Å². The van der Waals surface area contributed by atoms with Crippen LogP contribution in [0.25, 0.3) is 5.65 Å². The van der Waals surface area contributed by atoms with Gasteiger partial charge >= 0.3 is 6.03 Å². The molecule has 1 aliphatic carbocycles. The number of amidine groups is 1. The van der Waals surface area contributed by atoms with E-state index in [1.807, 2.05) is 66.5 Å². The Morgan fingerprint density at radius 1 is 0.981 bits per heavy atom. The number of nitrogens with zero attached hydrogens (tertiary/aromatic N) is 8. The highest BCUT2D eigenvalue weighted by molar-refractivity contribution is 6.09. The third-order valence-electron chi connectivity index (χ3n) is 10.9. The summed E-state index contributed by atoms with van der Waals surface area (Å²) in [6, 6.07) is 12.3. The second-order valence-corrected chi connectivity index (χ2v) is 16.0. The number of hydrogen-bond acceptors (Lipinski definition) is 10. The van der Waals surface area contributed by atoms with Gasteiger partial charge < -0.3 is 25.1 Å². The summed E-state index contributed by atoms with van der Waals surface area (Å²) in [5, 5.41) is 28.5. The number of fused-ring (bicyclic) bond motifs is 2. The van der Waals surface area contributed by atoms with Crippen LogP contribution < -0.4 is 20.3 Å². The lowest BCUT2D eigenvalue weighted by Crippen LogP contribution is -2.44. The Kier molecular flexibility index (Phi) is 11.3. The van der Waals surface area contributed by atoms with E-state index in [4.69, 9.17) is 19.9 Å². The van der Waals surface area contributed by atoms with Gasteiger partial charge in [-0.3, -0.25) is 19.3 Å². The molecule has 2 amide bonds. The van der Waals surface area contributed by atoms with E-state index in [9.17, 15) is 4.79 Å². The van der Waals surface area contributed by atoms with Crippen LogP contribution in [-0.4, -0.2) is 91.8 Å². The van der Waals surface area contributed by atoms with Gasteiger partial charge in [0.25, 0.3) is 0 Å². The fraction of sp³-hybridized carbons (Fsp3) is 0.550. The molecule has 0 bridgehead atoms. The smallest absolute Gasteiger partial charge is 0.320 e. The molecule has 4 aromatic rings. The van der Waals surface area contributed by atoms with Crippen LogP contribution >= 0.6 is 0 Å². The molecule has 288 valence electrons. The zero-order chi connectivity index (χ0) is 37.8. The molecule has 14 heteroatoms. The highest BCUT2D eigenvalue weighted by atomic mass is 16.5. The maximum atomic E-state index is 13.7. The molecule has 54 heavy (non-hydrogen) atoms. The van der Waals surface area contributed by atoms with Crippen molar-refractivity contribution in [1.29, 1.82) is 5.41 Å². The lowest BCUT2D eigenvalue weighted by Gasteiger charge is -2.39. The molecule has 1 aromatic carbocycles. The molecular weight excluding hydrogens is 683 g/mol. The molecule has 3 N–H and O–H groups in total. The maximum Gasteiger partial charge on any atom is 0.320 e. The van der Waals surface area contributed by atoms with Crippen molar-refractivity contribution in [2.45, 2.75) is 104 Å². The van der Waals surface area contributed by atoms with E-state index in [1.165, 1.54) is 6.42 Å². The van der Waals surface area contributed by atoms with Crippen LogP contribution in [0, 0.1) is 10.8 Å². The number of nitrogens with one attached hydrogen (secondary N) is 3. The van der Waals surface area contributed by atoms with E-state index in [-0.39, 0.29) is 30.0 Å². The molecule has 2 aliphatic heterocycles. The average Bonchev–Trinajstić information content (AvgIpc) is 3.78. The molecule has 3 aromatic heterocycles. The first-order chi connectivity index (χ1) is 26.0. The summed E-state index contributed by atoms with van der Waals surface area (Å²) < 4.78 is 16.1. The third-order valence-corrected chi connectivity index (χ3v) is 10.9. The van der Waals surface area contributed by atoms with E-state index in [0.29, 0.717) is 42.2 Å². The van der Waals surface area contributed by atoms with E-state index < -0.39 is 0 Å². The average molecular weight is 738 g/mol. The monoisotopic (exact) mass is 737 g/mol. The molecule has 4 unspecified atom stereocenters. The van der Waals surface area contributed by atoms with E-state index in [0.717, 1.165) is 80.7 Å². The summed E-state index contributed by atoms with van der Waals surface area (Å²) in [5.74, 6) is 2.01. The van der Waals surface area contributed by atoms with E-state index in [2.05, 4.69) is 61.7 Å². The fourth-order valence-corrected chi connectivity index (χ4v) is 7.73. The Balaban J connectivity index is 1.03. The SMILES string of the molecule is CC1CCCC(C)N1c1nnc2ccc(OC3CCC(NC(=O)NC(CC(=N)C(C)(C)C)=Nc4cnn(CCN5CCOCC5)c4)c4ccccc43)cn12. The molecule has 14 nitrogen and oxygen atoms in total. The Morgan fingerprint density at radius 3 is 2.50 bits per heavy atom. The number of morpholine rings is 1. The van der Waals surface area contributed by atoms with Gasteiger partial charge in [-0.1, -0.05) is 45.0 Å². The summed E-state index contributed by atoms with van der Waals surface area (Å²) in [7, 11) is 0. The molecule has 4 atom stereocenters. The predicted octanol–water partition coefficient (Wildman–Crippen LogP) is 6.47. The van der Waals surface area contributed by atoms with E-state index in [1.54, 1.807) is 6.20 Å². The first-order valence-electron chi connectivity index (χ1n) is 19.5. The Bertz CT molecular complexity index is 1950. The van der Waals surface area contributed by atoms with Gasteiger partial charge in [-0.25, -0.2) is 9.79 Å². The van der Waals surface area contributed by atoms with Crippen LogP contribution in [0.3, 0.4) is 0 Å². The molecule has 2 fully saturated rings. The summed E-state index contributed by atoms with van der Waals surface area (Å²) in [6.07, 6.45) is 10.5. The third kappa shape index (κ3) is 8.76. The van der Waals surface area contributed by atoms with Gasteiger partial charge in [0.1, 0.15) is 23.4 Å². The number of aromatic nitrogens is 5. The first-order valence-corrected chi connectivity index (χ1v) is 19.5. The van der Waals surface area contributed by atoms with Crippen LogP contribution in [0.2, 0.25) is 0 Å². The van der Waals surface area contributed by atoms with Crippen molar-refractivity contribution in [1.82, 2.24) is 39.9 Å².